The Morgan fingerprint density at radius 2 is 1.80 bits per heavy atom. The number of hydrogen-bond acceptors (Lipinski definition) is 3. The van der Waals surface area contributed by atoms with E-state index in [4.69, 9.17) is 9.84 Å². The van der Waals surface area contributed by atoms with Crippen molar-refractivity contribution >= 4 is 11.9 Å². The average molecular weight is 286 g/mol. The molecular formula is C16H30O4. The maximum absolute atomic E-state index is 11.9. The van der Waals surface area contributed by atoms with E-state index in [1.165, 1.54) is 0 Å². The molecule has 0 rings (SSSR count). The predicted octanol–water partition coefficient (Wildman–Crippen LogP) is 3.88. The van der Waals surface area contributed by atoms with Gasteiger partial charge < -0.3 is 9.84 Å². The summed E-state index contributed by atoms with van der Waals surface area (Å²) in [4.78, 5) is 22.9. The second-order valence-corrected chi connectivity index (χ2v) is 5.63. The Labute approximate surface area is 122 Å². The van der Waals surface area contributed by atoms with E-state index in [1.807, 2.05) is 6.92 Å². The summed E-state index contributed by atoms with van der Waals surface area (Å²) in [6.07, 6.45) is 5.30. The fourth-order valence-electron chi connectivity index (χ4n) is 2.21. The van der Waals surface area contributed by atoms with Crippen LogP contribution >= 0.6 is 0 Å². The Bertz CT molecular complexity index is 288. The van der Waals surface area contributed by atoms with Gasteiger partial charge in [-0.2, -0.15) is 0 Å². The number of unbranched alkanes of at least 4 members (excludes halogenated alkanes) is 1. The van der Waals surface area contributed by atoms with Gasteiger partial charge in [-0.3, -0.25) is 9.59 Å². The minimum atomic E-state index is -0.832. The van der Waals surface area contributed by atoms with Gasteiger partial charge in [0.15, 0.2) is 0 Å². The molecule has 4 nitrogen and oxygen atoms in total. The third-order valence-corrected chi connectivity index (χ3v) is 3.89. The molecule has 0 fully saturated rings. The lowest BCUT2D eigenvalue weighted by Gasteiger charge is -2.18. The van der Waals surface area contributed by atoms with E-state index in [-0.39, 0.29) is 11.9 Å². The Morgan fingerprint density at radius 3 is 2.25 bits per heavy atom. The molecule has 20 heavy (non-hydrogen) atoms. The van der Waals surface area contributed by atoms with Gasteiger partial charge in [0.05, 0.1) is 18.4 Å². The topological polar surface area (TPSA) is 63.6 Å². The zero-order valence-corrected chi connectivity index (χ0v) is 13.4. The molecule has 0 aromatic heterocycles. The smallest absolute Gasteiger partial charge is 0.308 e. The van der Waals surface area contributed by atoms with Crippen molar-refractivity contribution in [2.45, 2.75) is 66.2 Å². The summed E-state index contributed by atoms with van der Waals surface area (Å²) in [6, 6.07) is 0. The second kappa shape index (κ2) is 10.7. The van der Waals surface area contributed by atoms with Gasteiger partial charge in [0.25, 0.3) is 0 Å². The van der Waals surface area contributed by atoms with Crippen LogP contribution in [-0.4, -0.2) is 23.7 Å². The number of carbonyl (C=O) groups is 2. The first-order valence-corrected chi connectivity index (χ1v) is 7.85. The van der Waals surface area contributed by atoms with E-state index in [2.05, 4.69) is 13.8 Å². The number of carboxylic acid groups (broad SMARTS) is 1. The van der Waals surface area contributed by atoms with Gasteiger partial charge in [-0.25, -0.2) is 0 Å². The average Bonchev–Trinajstić information content (AvgIpc) is 2.43. The van der Waals surface area contributed by atoms with Crippen molar-refractivity contribution in [3.8, 4) is 0 Å². The van der Waals surface area contributed by atoms with Crippen LogP contribution in [0, 0.1) is 17.8 Å². The van der Waals surface area contributed by atoms with Gasteiger partial charge in [0.1, 0.15) is 0 Å². The number of aliphatic carboxylic acids is 1. The van der Waals surface area contributed by atoms with Crippen LogP contribution in [0.15, 0.2) is 0 Å². The van der Waals surface area contributed by atoms with E-state index in [1.54, 1.807) is 6.92 Å². The van der Waals surface area contributed by atoms with Crippen molar-refractivity contribution in [2.75, 3.05) is 6.61 Å². The van der Waals surface area contributed by atoms with Crippen molar-refractivity contribution in [1.82, 2.24) is 0 Å². The van der Waals surface area contributed by atoms with Crippen LogP contribution < -0.4 is 0 Å². The highest BCUT2D eigenvalue weighted by Gasteiger charge is 2.24. The molecule has 0 bridgehead atoms. The van der Waals surface area contributed by atoms with E-state index in [9.17, 15) is 9.59 Å². The quantitative estimate of drug-likeness (QED) is 0.585. The Balaban J connectivity index is 4.14. The Hall–Kier alpha value is -1.06. The zero-order valence-electron chi connectivity index (χ0n) is 13.4. The molecule has 1 N–H and O–H groups in total. The van der Waals surface area contributed by atoms with Gasteiger partial charge >= 0.3 is 11.9 Å². The predicted molar refractivity (Wildman–Crippen MR) is 79.5 cm³/mol. The molecule has 3 unspecified atom stereocenters. The van der Waals surface area contributed by atoms with Crippen molar-refractivity contribution in [3.63, 3.8) is 0 Å². The summed E-state index contributed by atoms with van der Waals surface area (Å²) in [5, 5.41) is 9.01. The van der Waals surface area contributed by atoms with Crippen molar-refractivity contribution in [3.05, 3.63) is 0 Å². The standard InChI is InChI=1S/C16H30O4/c1-5-8-9-13(6-2)11-20-16(19)12(4)10-14(7-3)15(17)18/h12-14H,5-11H2,1-4H3,(H,17,18). The maximum atomic E-state index is 11.9. The molecule has 0 saturated heterocycles. The normalized spacial score (nSPS) is 15.4. The maximum Gasteiger partial charge on any atom is 0.308 e. The van der Waals surface area contributed by atoms with Crippen LogP contribution in [0.3, 0.4) is 0 Å². The first-order valence-electron chi connectivity index (χ1n) is 7.85. The minimum absolute atomic E-state index is 0.264. The molecule has 0 aliphatic rings. The number of rotatable bonds is 11. The van der Waals surface area contributed by atoms with Crippen LogP contribution in [-0.2, 0) is 14.3 Å². The van der Waals surface area contributed by atoms with Crippen molar-refractivity contribution in [2.24, 2.45) is 17.8 Å². The molecule has 4 heteroatoms. The Kier molecular flexibility index (Phi) is 10.1. The van der Waals surface area contributed by atoms with E-state index >= 15 is 0 Å². The lowest BCUT2D eigenvalue weighted by atomic mass is 9.94. The summed E-state index contributed by atoms with van der Waals surface area (Å²) >= 11 is 0. The SMILES string of the molecule is CCCCC(CC)COC(=O)C(C)CC(CC)C(=O)O. The largest absolute Gasteiger partial charge is 0.481 e. The minimum Gasteiger partial charge on any atom is -0.481 e. The number of hydrogen-bond donors (Lipinski definition) is 1. The van der Waals surface area contributed by atoms with E-state index in [0.29, 0.717) is 25.4 Å². The summed E-state index contributed by atoms with van der Waals surface area (Å²) in [5.74, 6) is -1.48. The number of carbonyl (C=O) groups excluding carboxylic acids is 1. The van der Waals surface area contributed by atoms with Gasteiger partial charge in [-0.05, 0) is 25.2 Å². The van der Waals surface area contributed by atoms with Gasteiger partial charge in [-0.15, -0.1) is 0 Å². The number of carboxylic acids is 1. The molecule has 0 aliphatic carbocycles. The first kappa shape index (κ1) is 18.9. The third-order valence-electron chi connectivity index (χ3n) is 3.89. The molecular weight excluding hydrogens is 256 g/mol. The molecule has 0 radical (unpaired) electrons. The van der Waals surface area contributed by atoms with Crippen molar-refractivity contribution in [1.29, 1.82) is 0 Å². The monoisotopic (exact) mass is 286 g/mol. The number of esters is 1. The highest BCUT2D eigenvalue weighted by atomic mass is 16.5. The van der Waals surface area contributed by atoms with Crippen LogP contribution in [0.1, 0.15) is 66.2 Å². The molecule has 0 saturated carbocycles. The fourth-order valence-corrected chi connectivity index (χ4v) is 2.21. The summed E-state index contributed by atoms with van der Waals surface area (Å²) < 4.78 is 5.35. The van der Waals surface area contributed by atoms with Gasteiger partial charge in [-0.1, -0.05) is 47.0 Å². The number of ether oxygens (including phenoxy) is 1. The highest BCUT2D eigenvalue weighted by Crippen LogP contribution is 2.19. The molecule has 3 atom stereocenters. The molecule has 0 aromatic carbocycles. The van der Waals surface area contributed by atoms with Crippen LogP contribution in [0.5, 0.6) is 0 Å². The van der Waals surface area contributed by atoms with Gasteiger partial charge in [0, 0.05) is 0 Å². The van der Waals surface area contributed by atoms with Crippen molar-refractivity contribution < 1.29 is 19.4 Å². The van der Waals surface area contributed by atoms with Crippen LogP contribution in [0.2, 0.25) is 0 Å². The second-order valence-electron chi connectivity index (χ2n) is 5.63. The molecule has 0 aromatic rings. The van der Waals surface area contributed by atoms with Gasteiger partial charge in [0.2, 0.25) is 0 Å². The molecule has 0 spiro atoms. The van der Waals surface area contributed by atoms with E-state index in [0.717, 1.165) is 25.7 Å². The molecule has 118 valence electrons. The summed E-state index contributed by atoms with van der Waals surface area (Å²) in [5.41, 5.74) is 0. The fraction of sp³-hybridized carbons (Fsp3) is 0.875. The molecule has 0 amide bonds. The zero-order chi connectivity index (χ0) is 15.5. The summed E-state index contributed by atoms with van der Waals surface area (Å²) in [7, 11) is 0. The van der Waals surface area contributed by atoms with E-state index < -0.39 is 11.9 Å². The molecule has 0 heterocycles. The van der Waals surface area contributed by atoms with Crippen LogP contribution in [0.4, 0.5) is 0 Å². The summed E-state index contributed by atoms with van der Waals surface area (Å²) in [6.45, 7) is 8.30. The first-order chi connectivity index (χ1) is 9.46. The van der Waals surface area contributed by atoms with Crippen LogP contribution in [0.25, 0.3) is 0 Å². The molecule has 0 aliphatic heterocycles. The lowest BCUT2D eigenvalue weighted by molar-refractivity contribution is -0.151. The third kappa shape index (κ3) is 7.51. The Morgan fingerprint density at radius 1 is 1.15 bits per heavy atom. The lowest BCUT2D eigenvalue weighted by Crippen LogP contribution is -2.24. The highest BCUT2D eigenvalue weighted by molar-refractivity contribution is 5.74.